The van der Waals surface area contributed by atoms with E-state index < -0.39 is 34.7 Å². The first-order chi connectivity index (χ1) is 11.6. The summed E-state index contributed by atoms with van der Waals surface area (Å²) in [5.74, 6) is -1.33. The molecule has 2 rings (SSSR count). The summed E-state index contributed by atoms with van der Waals surface area (Å²) < 4.78 is 13.2. The fraction of sp³-hybridized carbons (Fsp3) is 0.500. The first-order valence-electron chi connectivity index (χ1n) is 8.36. The molecule has 0 aliphatic carbocycles. The van der Waals surface area contributed by atoms with Crippen LogP contribution >= 0.6 is 0 Å². The van der Waals surface area contributed by atoms with Gasteiger partial charge in [-0.2, -0.15) is 0 Å². The molecule has 1 aromatic rings. The van der Waals surface area contributed by atoms with Gasteiger partial charge in [0.15, 0.2) is 0 Å². The number of carbonyl (C=O) groups excluding carboxylic acids is 3. The number of hydrogen-bond acceptors (Lipinski definition) is 3. The van der Waals surface area contributed by atoms with Crippen molar-refractivity contribution in [2.45, 2.75) is 51.6 Å². The van der Waals surface area contributed by atoms with Crippen LogP contribution in [0.25, 0.3) is 0 Å². The lowest BCUT2D eigenvalue weighted by Crippen LogP contribution is -2.49. The topological polar surface area (TPSA) is 78.5 Å². The Morgan fingerprint density at radius 2 is 1.84 bits per heavy atom. The molecule has 0 saturated carbocycles. The zero-order valence-electron chi connectivity index (χ0n) is 15.0. The zero-order chi connectivity index (χ0) is 18.8. The number of imide groups is 1. The largest absolute Gasteiger partial charge is 0.350 e. The van der Waals surface area contributed by atoms with Gasteiger partial charge in [-0.25, -0.2) is 9.18 Å². The van der Waals surface area contributed by atoms with Crippen LogP contribution < -0.4 is 10.6 Å². The van der Waals surface area contributed by atoms with E-state index in [2.05, 4.69) is 10.6 Å². The molecule has 1 saturated heterocycles. The smallest absolute Gasteiger partial charge is 0.325 e. The van der Waals surface area contributed by atoms with Crippen molar-refractivity contribution in [3.8, 4) is 0 Å². The molecule has 6 nitrogen and oxygen atoms in total. The van der Waals surface area contributed by atoms with Gasteiger partial charge in [0.25, 0.3) is 5.91 Å². The first-order valence-corrected chi connectivity index (χ1v) is 8.36. The van der Waals surface area contributed by atoms with Crippen LogP contribution in [0.2, 0.25) is 0 Å². The molecule has 2 N–H and O–H groups in total. The van der Waals surface area contributed by atoms with E-state index in [-0.39, 0.29) is 6.54 Å². The van der Waals surface area contributed by atoms with Crippen molar-refractivity contribution in [2.75, 3.05) is 6.54 Å². The molecular weight excluding hydrogens is 325 g/mol. The average Bonchev–Trinajstić information content (AvgIpc) is 2.80. The summed E-state index contributed by atoms with van der Waals surface area (Å²) in [6, 6.07) is 4.80. The van der Waals surface area contributed by atoms with E-state index in [1.54, 1.807) is 6.92 Å². The predicted molar refractivity (Wildman–Crippen MR) is 91.1 cm³/mol. The van der Waals surface area contributed by atoms with E-state index in [1.807, 2.05) is 20.8 Å². The van der Waals surface area contributed by atoms with Crippen LogP contribution in [-0.4, -0.2) is 34.8 Å². The van der Waals surface area contributed by atoms with Crippen molar-refractivity contribution in [1.82, 2.24) is 15.5 Å². The lowest BCUT2D eigenvalue weighted by atomic mass is 9.87. The summed E-state index contributed by atoms with van der Waals surface area (Å²) in [6.45, 7) is 7.07. The molecule has 136 valence electrons. The number of nitrogens with one attached hydrogen (secondary N) is 2. The summed E-state index contributed by atoms with van der Waals surface area (Å²) in [5.41, 5.74) is -1.20. The number of benzene rings is 1. The van der Waals surface area contributed by atoms with E-state index >= 15 is 0 Å². The minimum Gasteiger partial charge on any atom is -0.350 e. The highest BCUT2D eigenvalue weighted by Crippen LogP contribution is 2.32. The third-order valence-corrected chi connectivity index (χ3v) is 4.71. The quantitative estimate of drug-likeness (QED) is 0.774. The molecule has 0 spiro atoms. The Balaban J connectivity index is 2.23. The molecule has 1 aromatic carbocycles. The molecule has 0 radical (unpaired) electrons. The zero-order valence-corrected chi connectivity index (χ0v) is 15.0. The Bertz CT molecular complexity index is 687. The fourth-order valence-electron chi connectivity index (χ4n) is 2.79. The molecule has 0 aromatic heterocycles. The lowest BCUT2D eigenvalue weighted by molar-refractivity contribution is -0.135. The maximum atomic E-state index is 13.2. The van der Waals surface area contributed by atoms with Gasteiger partial charge in [0, 0.05) is 5.54 Å². The highest BCUT2D eigenvalue weighted by Gasteiger charge is 2.51. The maximum Gasteiger partial charge on any atom is 0.325 e. The Hall–Kier alpha value is -2.44. The average molecular weight is 349 g/mol. The van der Waals surface area contributed by atoms with Gasteiger partial charge in [-0.05, 0) is 44.4 Å². The van der Waals surface area contributed by atoms with Crippen molar-refractivity contribution in [2.24, 2.45) is 0 Å². The van der Waals surface area contributed by atoms with Crippen LogP contribution in [0.4, 0.5) is 9.18 Å². The van der Waals surface area contributed by atoms with Gasteiger partial charge in [0.2, 0.25) is 5.91 Å². The van der Waals surface area contributed by atoms with Gasteiger partial charge >= 0.3 is 6.03 Å². The molecule has 1 aliphatic heterocycles. The minimum absolute atomic E-state index is 0.293. The van der Waals surface area contributed by atoms with E-state index in [0.717, 1.165) is 4.90 Å². The summed E-state index contributed by atoms with van der Waals surface area (Å²) in [6.07, 6.45) is 1.01. The summed E-state index contributed by atoms with van der Waals surface area (Å²) in [5, 5.41) is 5.47. The number of nitrogens with zero attached hydrogens (tertiary/aromatic N) is 1. The predicted octanol–water partition coefficient (Wildman–Crippen LogP) is 2.29. The van der Waals surface area contributed by atoms with Gasteiger partial charge in [-0.3, -0.25) is 14.5 Å². The Morgan fingerprint density at radius 3 is 2.36 bits per heavy atom. The maximum absolute atomic E-state index is 13.2. The van der Waals surface area contributed by atoms with Gasteiger partial charge in [-0.1, -0.05) is 26.0 Å². The number of halogens is 1. The monoisotopic (exact) mass is 349 g/mol. The molecule has 1 fully saturated rings. The molecule has 1 aliphatic rings. The van der Waals surface area contributed by atoms with Crippen molar-refractivity contribution in [3.63, 3.8) is 0 Å². The Labute approximate surface area is 146 Å². The molecule has 7 heteroatoms. The van der Waals surface area contributed by atoms with Gasteiger partial charge in [0.1, 0.15) is 17.9 Å². The number of hydrogen-bond donors (Lipinski definition) is 2. The van der Waals surface area contributed by atoms with Crippen molar-refractivity contribution in [3.05, 3.63) is 35.6 Å². The van der Waals surface area contributed by atoms with Crippen molar-refractivity contribution in [1.29, 1.82) is 0 Å². The fourth-order valence-corrected chi connectivity index (χ4v) is 2.79. The molecule has 1 heterocycles. The Morgan fingerprint density at radius 1 is 1.24 bits per heavy atom. The third-order valence-electron chi connectivity index (χ3n) is 4.71. The summed E-state index contributed by atoms with van der Waals surface area (Å²) in [7, 11) is 0. The van der Waals surface area contributed by atoms with E-state index in [1.165, 1.54) is 24.3 Å². The van der Waals surface area contributed by atoms with E-state index in [9.17, 15) is 18.8 Å². The molecule has 0 bridgehead atoms. The second-order valence-corrected chi connectivity index (χ2v) is 6.87. The second-order valence-electron chi connectivity index (χ2n) is 6.87. The number of carbonyl (C=O) groups is 3. The number of amides is 4. The van der Waals surface area contributed by atoms with Crippen molar-refractivity contribution >= 4 is 17.8 Å². The molecule has 4 amide bonds. The third kappa shape index (κ3) is 3.65. The van der Waals surface area contributed by atoms with Crippen LogP contribution in [0.3, 0.4) is 0 Å². The van der Waals surface area contributed by atoms with E-state index in [4.69, 9.17) is 0 Å². The van der Waals surface area contributed by atoms with Crippen LogP contribution in [0.1, 0.15) is 46.1 Å². The van der Waals surface area contributed by atoms with Crippen LogP contribution in [0.5, 0.6) is 0 Å². The molecule has 1 atom stereocenters. The Kier molecular flexibility index (Phi) is 5.15. The number of urea groups is 1. The lowest BCUT2D eigenvalue weighted by Gasteiger charge is -2.27. The van der Waals surface area contributed by atoms with Crippen LogP contribution in [-0.2, 0) is 15.1 Å². The minimum atomic E-state index is -1.27. The van der Waals surface area contributed by atoms with Crippen LogP contribution in [0.15, 0.2) is 24.3 Å². The van der Waals surface area contributed by atoms with Gasteiger partial charge < -0.3 is 10.6 Å². The van der Waals surface area contributed by atoms with Gasteiger partial charge in [0.05, 0.1) is 0 Å². The SMILES string of the molecule is CCC(C)(C)NC(=O)CN1C(=O)NC(CC)(c2ccc(F)cc2)C1=O. The number of rotatable bonds is 6. The molecule has 25 heavy (non-hydrogen) atoms. The standard InChI is InChI=1S/C18H24FN3O3/c1-5-17(3,4)20-14(23)11-22-15(24)18(6-2,21-16(22)25)12-7-9-13(19)10-8-12/h7-10H,5-6,11H2,1-4H3,(H,20,23)(H,21,25). The highest BCUT2D eigenvalue weighted by molar-refractivity contribution is 6.09. The summed E-state index contributed by atoms with van der Waals surface area (Å²) in [4.78, 5) is 38.3. The van der Waals surface area contributed by atoms with Crippen molar-refractivity contribution < 1.29 is 18.8 Å². The second kappa shape index (κ2) is 6.82. The normalized spacial score (nSPS) is 20.6. The highest BCUT2D eigenvalue weighted by atomic mass is 19.1. The summed E-state index contributed by atoms with van der Waals surface area (Å²) >= 11 is 0. The van der Waals surface area contributed by atoms with E-state index in [0.29, 0.717) is 18.4 Å². The molecular formula is C18H24FN3O3. The van der Waals surface area contributed by atoms with Crippen LogP contribution in [0, 0.1) is 5.82 Å². The molecule has 1 unspecified atom stereocenters. The first kappa shape index (κ1) is 18.9. The van der Waals surface area contributed by atoms with Gasteiger partial charge in [-0.15, -0.1) is 0 Å².